The molecule has 2 N–H and O–H groups in total. The van der Waals surface area contributed by atoms with Gasteiger partial charge in [-0.1, -0.05) is 6.07 Å². The second kappa shape index (κ2) is 8.71. The molecule has 0 aliphatic heterocycles. The lowest BCUT2D eigenvalue weighted by atomic mass is 10.1. The molecule has 0 amide bonds. The van der Waals surface area contributed by atoms with Crippen molar-refractivity contribution in [2.45, 2.75) is 13.0 Å². The Morgan fingerprint density at radius 2 is 2.00 bits per heavy atom. The van der Waals surface area contributed by atoms with Gasteiger partial charge in [-0.3, -0.25) is 4.79 Å². The van der Waals surface area contributed by atoms with Crippen molar-refractivity contribution in [1.82, 2.24) is 0 Å². The van der Waals surface area contributed by atoms with Gasteiger partial charge in [-0.15, -0.1) is 11.8 Å². The molecule has 0 saturated carbocycles. The van der Waals surface area contributed by atoms with Crippen LogP contribution in [-0.2, 0) is 9.53 Å². The maximum absolute atomic E-state index is 11.2. The summed E-state index contributed by atoms with van der Waals surface area (Å²) < 4.78 is 15.3. The molecule has 0 aliphatic rings. The highest BCUT2D eigenvalue weighted by molar-refractivity contribution is 7.99. The van der Waals surface area contributed by atoms with Crippen molar-refractivity contribution in [3.63, 3.8) is 0 Å². The molecule has 0 radical (unpaired) electrons. The Bertz CT molecular complexity index is 439. The number of esters is 1. The summed E-state index contributed by atoms with van der Waals surface area (Å²) in [6.45, 7) is 2.19. The molecule has 0 aromatic heterocycles. The molecule has 5 nitrogen and oxygen atoms in total. The maximum Gasteiger partial charge on any atom is 0.315 e. The monoisotopic (exact) mass is 299 g/mol. The van der Waals surface area contributed by atoms with Crippen LogP contribution in [0.25, 0.3) is 0 Å². The van der Waals surface area contributed by atoms with Crippen LogP contribution in [0.4, 0.5) is 0 Å². The van der Waals surface area contributed by atoms with Crippen LogP contribution >= 0.6 is 11.8 Å². The Hall–Kier alpha value is -1.40. The molecule has 1 aromatic carbocycles. The fraction of sp³-hybridized carbons (Fsp3) is 0.500. The SMILES string of the molecule is CCOC(=O)CSCC(N)c1ccc(OC)c(OC)c1. The van der Waals surface area contributed by atoms with E-state index in [0.717, 1.165) is 5.56 Å². The van der Waals surface area contributed by atoms with Crippen molar-refractivity contribution in [2.24, 2.45) is 5.73 Å². The Balaban J connectivity index is 2.55. The van der Waals surface area contributed by atoms with Gasteiger partial charge in [0, 0.05) is 11.8 Å². The number of thioether (sulfide) groups is 1. The number of benzene rings is 1. The molecule has 0 bridgehead atoms. The number of hydrogen-bond acceptors (Lipinski definition) is 6. The predicted molar refractivity (Wildman–Crippen MR) is 80.4 cm³/mol. The maximum atomic E-state index is 11.2. The third-order valence-corrected chi connectivity index (χ3v) is 3.69. The highest BCUT2D eigenvalue weighted by Crippen LogP contribution is 2.30. The fourth-order valence-corrected chi connectivity index (χ4v) is 2.47. The van der Waals surface area contributed by atoms with E-state index >= 15 is 0 Å². The number of methoxy groups -OCH3 is 2. The molecule has 1 aromatic rings. The zero-order valence-corrected chi connectivity index (χ0v) is 12.9. The molecule has 1 atom stereocenters. The third kappa shape index (κ3) is 4.94. The average Bonchev–Trinajstić information content (AvgIpc) is 2.46. The van der Waals surface area contributed by atoms with Gasteiger partial charge in [0.05, 0.1) is 26.6 Å². The lowest BCUT2D eigenvalue weighted by Gasteiger charge is -2.14. The summed E-state index contributed by atoms with van der Waals surface area (Å²) in [5.74, 6) is 2.05. The standard InChI is InChI=1S/C14H21NO4S/c1-4-19-14(16)9-20-8-11(15)10-5-6-12(17-2)13(7-10)18-3/h5-7,11H,4,8-9,15H2,1-3H3. The summed E-state index contributed by atoms with van der Waals surface area (Å²) >= 11 is 1.46. The largest absolute Gasteiger partial charge is 0.493 e. The second-order valence-corrected chi connectivity index (χ2v) is 5.07. The van der Waals surface area contributed by atoms with Crippen molar-refractivity contribution >= 4 is 17.7 Å². The van der Waals surface area contributed by atoms with Crippen LogP contribution in [0.5, 0.6) is 11.5 Å². The first-order chi connectivity index (χ1) is 9.62. The van der Waals surface area contributed by atoms with E-state index in [4.69, 9.17) is 19.9 Å². The van der Waals surface area contributed by atoms with Gasteiger partial charge in [0.25, 0.3) is 0 Å². The van der Waals surface area contributed by atoms with E-state index in [1.165, 1.54) is 11.8 Å². The smallest absolute Gasteiger partial charge is 0.315 e. The highest BCUT2D eigenvalue weighted by atomic mass is 32.2. The van der Waals surface area contributed by atoms with Crippen LogP contribution in [-0.4, -0.2) is 38.3 Å². The highest BCUT2D eigenvalue weighted by Gasteiger charge is 2.12. The van der Waals surface area contributed by atoms with Crippen LogP contribution in [0.1, 0.15) is 18.5 Å². The summed E-state index contributed by atoms with van der Waals surface area (Å²) in [6, 6.07) is 5.41. The minimum atomic E-state index is -0.211. The Labute approximate surface area is 123 Å². The number of carbonyl (C=O) groups is 1. The van der Waals surface area contributed by atoms with Crippen LogP contribution in [0.15, 0.2) is 18.2 Å². The predicted octanol–water partition coefficient (Wildman–Crippen LogP) is 2.00. The summed E-state index contributed by atoms with van der Waals surface area (Å²) in [7, 11) is 3.18. The molecule has 112 valence electrons. The van der Waals surface area contributed by atoms with Crippen LogP contribution in [0, 0.1) is 0 Å². The molecule has 0 fully saturated rings. The molecule has 0 heterocycles. The van der Waals surface area contributed by atoms with E-state index in [2.05, 4.69) is 0 Å². The number of nitrogens with two attached hydrogens (primary N) is 1. The second-order valence-electron chi connectivity index (χ2n) is 4.04. The lowest BCUT2D eigenvalue weighted by Crippen LogP contribution is -2.15. The quantitative estimate of drug-likeness (QED) is 0.740. The van der Waals surface area contributed by atoms with Crippen LogP contribution in [0.3, 0.4) is 0 Å². The van der Waals surface area contributed by atoms with E-state index in [1.807, 2.05) is 18.2 Å². The summed E-state index contributed by atoms with van der Waals surface area (Å²) in [5.41, 5.74) is 7.04. The summed E-state index contributed by atoms with van der Waals surface area (Å²) in [4.78, 5) is 11.2. The first kappa shape index (κ1) is 16.7. The lowest BCUT2D eigenvalue weighted by molar-refractivity contribution is -0.139. The van der Waals surface area contributed by atoms with Gasteiger partial charge in [0.15, 0.2) is 11.5 Å². The van der Waals surface area contributed by atoms with Gasteiger partial charge in [-0.05, 0) is 24.6 Å². The molecular formula is C14H21NO4S. The summed E-state index contributed by atoms with van der Waals surface area (Å²) in [6.07, 6.45) is 0. The van der Waals surface area contributed by atoms with Gasteiger partial charge in [0.2, 0.25) is 0 Å². The van der Waals surface area contributed by atoms with Gasteiger partial charge in [-0.25, -0.2) is 0 Å². The van der Waals surface area contributed by atoms with Gasteiger partial charge >= 0.3 is 5.97 Å². The average molecular weight is 299 g/mol. The van der Waals surface area contributed by atoms with Gasteiger partial charge < -0.3 is 19.9 Å². The van der Waals surface area contributed by atoms with Crippen molar-refractivity contribution in [3.05, 3.63) is 23.8 Å². The fourth-order valence-electron chi connectivity index (χ4n) is 1.65. The van der Waals surface area contributed by atoms with E-state index < -0.39 is 0 Å². The minimum Gasteiger partial charge on any atom is -0.493 e. The minimum absolute atomic E-state index is 0.172. The molecule has 0 aliphatic carbocycles. The molecular weight excluding hydrogens is 278 g/mol. The van der Waals surface area contributed by atoms with E-state index in [-0.39, 0.29) is 12.0 Å². The number of ether oxygens (including phenoxy) is 3. The first-order valence-electron chi connectivity index (χ1n) is 6.33. The van der Waals surface area contributed by atoms with E-state index in [9.17, 15) is 4.79 Å². The zero-order chi connectivity index (χ0) is 15.0. The summed E-state index contributed by atoms with van der Waals surface area (Å²) in [5, 5.41) is 0. The Morgan fingerprint density at radius 1 is 1.30 bits per heavy atom. The molecule has 1 rings (SSSR count). The van der Waals surface area contributed by atoms with Crippen molar-refractivity contribution < 1.29 is 19.0 Å². The van der Waals surface area contributed by atoms with Crippen LogP contribution in [0.2, 0.25) is 0 Å². The van der Waals surface area contributed by atoms with E-state index in [0.29, 0.717) is 29.6 Å². The molecule has 6 heteroatoms. The normalized spacial score (nSPS) is 11.8. The van der Waals surface area contributed by atoms with E-state index in [1.54, 1.807) is 21.1 Å². The van der Waals surface area contributed by atoms with Crippen LogP contribution < -0.4 is 15.2 Å². The molecule has 20 heavy (non-hydrogen) atoms. The van der Waals surface area contributed by atoms with Gasteiger partial charge in [0.1, 0.15) is 0 Å². The van der Waals surface area contributed by atoms with Gasteiger partial charge in [-0.2, -0.15) is 0 Å². The number of carbonyl (C=O) groups excluding carboxylic acids is 1. The topological polar surface area (TPSA) is 70.8 Å². The molecule has 0 spiro atoms. The van der Waals surface area contributed by atoms with Crippen molar-refractivity contribution in [2.75, 3.05) is 32.3 Å². The Morgan fingerprint density at radius 3 is 2.60 bits per heavy atom. The van der Waals surface area contributed by atoms with Crippen molar-refractivity contribution in [3.8, 4) is 11.5 Å². The number of hydrogen-bond donors (Lipinski definition) is 1. The molecule has 1 unspecified atom stereocenters. The first-order valence-corrected chi connectivity index (χ1v) is 7.48. The third-order valence-electron chi connectivity index (χ3n) is 2.66. The van der Waals surface area contributed by atoms with Crippen molar-refractivity contribution in [1.29, 1.82) is 0 Å². The zero-order valence-electron chi connectivity index (χ0n) is 12.0. The molecule has 0 saturated heterocycles. The Kier molecular flexibility index (Phi) is 7.25. The number of rotatable bonds is 8.